The maximum absolute atomic E-state index is 13.4. The van der Waals surface area contributed by atoms with Crippen molar-refractivity contribution in [2.75, 3.05) is 11.6 Å². The molecule has 1 amide bonds. The number of hydrogen-bond acceptors (Lipinski definition) is 3. The molecule has 0 atom stereocenters. The lowest BCUT2D eigenvalue weighted by Gasteiger charge is -2.08. The largest absolute Gasteiger partial charge is 0.318 e. The zero-order valence-electron chi connectivity index (χ0n) is 10.3. The van der Waals surface area contributed by atoms with Gasteiger partial charge in [-0.25, -0.2) is 0 Å². The average molecular weight is 315 g/mol. The molecule has 0 bridgehead atoms. The van der Waals surface area contributed by atoms with Gasteiger partial charge in [0.1, 0.15) is 0 Å². The molecular formula is C13H9ClF2N2OS. The van der Waals surface area contributed by atoms with E-state index in [1.807, 2.05) is 6.26 Å². The van der Waals surface area contributed by atoms with Gasteiger partial charge in [-0.2, -0.15) is 13.8 Å². The van der Waals surface area contributed by atoms with Gasteiger partial charge in [0, 0.05) is 4.90 Å². The van der Waals surface area contributed by atoms with Gasteiger partial charge in [-0.15, -0.1) is 11.8 Å². The Bertz CT molecular complexity index is 667. The Morgan fingerprint density at radius 2 is 2.05 bits per heavy atom. The van der Waals surface area contributed by atoms with E-state index in [2.05, 4.69) is 10.3 Å². The summed E-state index contributed by atoms with van der Waals surface area (Å²) in [6.07, 6.45) is 1.86. The van der Waals surface area contributed by atoms with Crippen molar-refractivity contribution in [3.05, 3.63) is 52.8 Å². The average Bonchev–Trinajstić information content (AvgIpc) is 2.42. The maximum Gasteiger partial charge on any atom is 0.257 e. The van der Waals surface area contributed by atoms with Gasteiger partial charge < -0.3 is 5.32 Å². The second-order valence-electron chi connectivity index (χ2n) is 3.77. The maximum atomic E-state index is 13.4. The minimum Gasteiger partial charge on any atom is -0.318 e. The van der Waals surface area contributed by atoms with Gasteiger partial charge in [0.05, 0.1) is 16.3 Å². The van der Waals surface area contributed by atoms with Crippen LogP contribution in [0.4, 0.5) is 14.5 Å². The first kappa shape index (κ1) is 14.7. The van der Waals surface area contributed by atoms with Gasteiger partial charge in [-0.05, 0) is 36.6 Å². The summed E-state index contributed by atoms with van der Waals surface area (Å²) < 4.78 is 26.1. The predicted molar refractivity (Wildman–Crippen MR) is 75.3 cm³/mol. The first-order valence-electron chi connectivity index (χ1n) is 5.48. The van der Waals surface area contributed by atoms with E-state index < -0.39 is 17.8 Å². The molecule has 0 aliphatic heterocycles. The lowest BCUT2D eigenvalue weighted by Crippen LogP contribution is -2.14. The topological polar surface area (TPSA) is 42.0 Å². The van der Waals surface area contributed by atoms with Crippen molar-refractivity contribution in [2.45, 2.75) is 4.90 Å². The third kappa shape index (κ3) is 3.26. The van der Waals surface area contributed by atoms with Gasteiger partial charge in [0.2, 0.25) is 11.9 Å². The first-order chi connectivity index (χ1) is 9.51. The number of pyridine rings is 1. The second kappa shape index (κ2) is 6.19. The van der Waals surface area contributed by atoms with E-state index in [4.69, 9.17) is 11.6 Å². The number of carbonyl (C=O) groups excluding carboxylic acids is 1. The lowest BCUT2D eigenvalue weighted by molar-refractivity contribution is 0.102. The molecule has 0 fully saturated rings. The molecule has 0 saturated carbocycles. The Hall–Kier alpha value is -1.66. The number of benzene rings is 1. The van der Waals surface area contributed by atoms with Crippen LogP contribution in [0.5, 0.6) is 0 Å². The SMILES string of the molecule is CSc1ccc(Cl)c(C(=O)Nc2ccc(F)nc2F)c1. The Labute approximate surface area is 123 Å². The summed E-state index contributed by atoms with van der Waals surface area (Å²) >= 11 is 7.39. The molecule has 1 heterocycles. The van der Waals surface area contributed by atoms with E-state index in [1.165, 1.54) is 11.8 Å². The molecule has 3 nitrogen and oxygen atoms in total. The van der Waals surface area contributed by atoms with Crippen LogP contribution in [0.15, 0.2) is 35.2 Å². The van der Waals surface area contributed by atoms with Crippen LogP contribution in [-0.4, -0.2) is 17.1 Å². The Kier molecular flexibility index (Phi) is 4.57. The van der Waals surface area contributed by atoms with Crippen LogP contribution in [0.1, 0.15) is 10.4 Å². The van der Waals surface area contributed by atoms with Crippen molar-refractivity contribution in [1.82, 2.24) is 4.98 Å². The number of nitrogens with zero attached hydrogens (tertiary/aromatic N) is 1. The number of hydrogen-bond donors (Lipinski definition) is 1. The van der Waals surface area contributed by atoms with E-state index >= 15 is 0 Å². The summed E-state index contributed by atoms with van der Waals surface area (Å²) in [5.41, 5.74) is 0.00395. The summed E-state index contributed by atoms with van der Waals surface area (Å²) in [4.78, 5) is 15.9. The fourth-order valence-electron chi connectivity index (χ4n) is 1.50. The number of halogens is 3. The van der Waals surface area contributed by atoms with Gasteiger partial charge in [0.15, 0.2) is 0 Å². The first-order valence-corrected chi connectivity index (χ1v) is 7.08. The van der Waals surface area contributed by atoms with E-state index in [1.54, 1.807) is 18.2 Å². The number of amides is 1. The van der Waals surface area contributed by atoms with E-state index in [0.717, 1.165) is 17.0 Å². The number of thioether (sulfide) groups is 1. The van der Waals surface area contributed by atoms with Gasteiger partial charge in [0.25, 0.3) is 5.91 Å². The van der Waals surface area contributed by atoms with Crippen LogP contribution < -0.4 is 5.32 Å². The smallest absolute Gasteiger partial charge is 0.257 e. The molecule has 0 aliphatic carbocycles. The van der Waals surface area contributed by atoms with Gasteiger partial charge >= 0.3 is 0 Å². The molecule has 0 saturated heterocycles. The van der Waals surface area contributed by atoms with Crippen LogP contribution in [0.2, 0.25) is 5.02 Å². The highest BCUT2D eigenvalue weighted by molar-refractivity contribution is 7.98. The highest BCUT2D eigenvalue weighted by atomic mass is 35.5. The van der Waals surface area contributed by atoms with Crippen molar-refractivity contribution in [1.29, 1.82) is 0 Å². The van der Waals surface area contributed by atoms with Crippen LogP contribution in [-0.2, 0) is 0 Å². The zero-order chi connectivity index (χ0) is 14.7. The quantitative estimate of drug-likeness (QED) is 0.688. The van der Waals surface area contributed by atoms with Crippen LogP contribution in [0, 0.1) is 11.9 Å². The van der Waals surface area contributed by atoms with Crippen molar-refractivity contribution in [3.8, 4) is 0 Å². The van der Waals surface area contributed by atoms with Crippen LogP contribution >= 0.6 is 23.4 Å². The summed E-state index contributed by atoms with van der Waals surface area (Å²) in [7, 11) is 0. The minimum absolute atomic E-state index is 0.206. The molecule has 0 spiro atoms. The lowest BCUT2D eigenvalue weighted by atomic mass is 10.2. The molecule has 2 rings (SSSR count). The molecule has 2 aromatic rings. The molecule has 20 heavy (non-hydrogen) atoms. The number of anilines is 1. The molecule has 104 valence electrons. The Balaban J connectivity index is 2.28. The van der Waals surface area contributed by atoms with E-state index in [9.17, 15) is 13.6 Å². The molecule has 1 aromatic heterocycles. The Morgan fingerprint density at radius 1 is 1.30 bits per heavy atom. The fraction of sp³-hybridized carbons (Fsp3) is 0.0769. The van der Waals surface area contributed by atoms with Gasteiger partial charge in [-0.3, -0.25) is 4.79 Å². The summed E-state index contributed by atoms with van der Waals surface area (Å²) in [6.45, 7) is 0. The van der Waals surface area contributed by atoms with E-state index in [-0.39, 0.29) is 16.3 Å². The minimum atomic E-state index is -1.09. The highest BCUT2D eigenvalue weighted by Crippen LogP contribution is 2.24. The van der Waals surface area contributed by atoms with E-state index in [0.29, 0.717) is 0 Å². The normalized spacial score (nSPS) is 10.4. The number of nitrogens with one attached hydrogen (secondary N) is 1. The summed E-state index contributed by atoms with van der Waals surface area (Å²) in [5.74, 6) is -2.63. The second-order valence-corrected chi connectivity index (χ2v) is 5.06. The number of rotatable bonds is 3. The predicted octanol–water partition coefficient (Wildman–Crippen LogP) is 3.99. The summed E-state index contributed by atoms with van der Waals surface area (Å²) in [5, 5.41) is 2.56. The molecule has 0 unspecified atom stereocenters. The highest BCUT2D eigenvalue weighted by Gasteiger charge is 2.14. The van der Waals surface area contributed by atoms with Crippen LogP contribution in [0.25, 0.3) is 0 Å². The zero-order valence-corrected chi connectivity index (χ0v) is 11.9. The van der Waals surface area contributed by atoms with Crippen molar-refractivity contribution >= 4 is 35.0 Å². The third-order valence-corrected chi connectivity index (χ3v) is 3.54. The molecule has 0 aliphatic rings. The molecule has 1 N–H and O–H groups in total. The van der Waals surface area contributed by atoms with Gasteiger partial charge in [-0.1, -0.05) is 11.6 Å². The van der Waals surface area contributed by atoms with Crippen molar-refractivity contribution < 1.29 is 13.6 Å². The standard InChI is InChI=1S/C13H9ClF2N2OS/c1-20-7-2-3-9(14)8(6-7)13(19)17-10-4-5-11(15)18-12(10)16/h2-6H,1H3,(H,17,19). The fourth-order valence-corrected chi connectivity index (χ4v) is 2.14. The van der Waals surface area contributed by atoms with Crippen molar-refractivity contribution in [3.63, 3.8) is 0 Å². The van der Waals surface area contributed by atoms with Crippen LogP contribution in [0.3, 0.4) is 0 Å². The molecular weight excluding hydrogens is 306 g/mol. The number of aromatic nitrogens is 1. The molecule has 0 radical (unpaired) electrons. The number of carbonyl (C=O) groups is 1. The molecule has 7 heteroatoms. The molecule has 1 aromatic carbocycles. The monoisotopic (exact) mass is 314 g/mol. The van der Waals surface area contributed by atoms with Crippen molar-refractivity contribution in [2.24, 2.45) is 0 Å². The third-order valence-electron chi connectivity index (χ3n) is 2.48. The Morgan fingerprint density at radius 3 is 2.70 bits per heavy atom. The summed E-state index contributed by atoms with van der Waals surface area (Å²) in [6, 6.07) is 7.00.